The molecule has 2 aliphatic rings. The van der Waals surface area contributed by atoms with Crippen LogP contribution in [0.3, 0.4) is 0 Å². The van der Waals surface area contributed by atoms with E-state index in [0.29, 0.717) is 12.0 Å². The summed E-state index contributed by atoms with van der Waals surface area (Å²) in [6.07, 6.45) is 6.23. The topological polar surface area (TPSA) is 48.7 Å². The largest absolute Gasteiger partial charge is 0.357 e. The first-order chi connectivity index (χ1) is 15.2. The number of nitrogens with zero attached hydrogens (tertiary/aromatic N) is 5. The van der Waals surface area contributed by atoms with Crippen LogP contribution in [0.25, 0.3) is 0 Å². The summed E-state index contributed by atoms with van der Waals surface area (Å²) in [5.41, 5.74) is 1.37. The summed E-state index contributed by atoms with van der Waals surface area (Å²) in [6, 6.07) is 11.3. The third-order valence-electron chi connectivity index (χ3n) is 6.38. The molecule has 1 aromatic carbocycles. The molecule has 0 bridgehead atoms. The molecule has 2 fully saturated rings. The van der Waals surface area contributed by atoms with Crippen LogP contribution in [0, 0.1) is 5.92 Å². The Morgan fingerprint density at radius 3 is 2.78 bits per heavy atom. The number of aromatic nitrogens is 2. The van der Waals surface area contributed by atoms with E-state index < -0.39 is 6.55 Å². The predicted octanol–water partition coefficient (Wildman–Crippen LogP) is 4.35. The zero-order valence-corrected chi connectivity index (χ0v) is 20.9. The van der Waals surface area contributed by atoms with E-state index in [4.69, 9.17) is 0 Å². The van der Waals surface area contributed by atoms with Crippen LogP contribution in [0.4, 0.5) is 8.78 Å². The fourth-order valence-electron chi connectivity index (χ4n) is 4.93. The van der Waals surface area contributed by atoms with Gasteiger partial charge < -0.3 is 10.2 Å². The van der Waals surface area contributed by atoms with Gasteiger partial charge in [-0.25, -0.2) is 9.98 Å². The molecule has 0 spiro atoms. The molecule has 2 unspecified atom stereocenters. The number of hydrogen-bond acceptors (Lipinski definition) is 3. The molecule has 6 nitrogen and oxygen atoms in total. The molecule has 176 valence electrons. The number of piperidine rings is 2. The van der Waals surface area contributed by atoms with E-state index in [9.17, 15) is 8.78 Å². The van der Waals surface area contributed by atoms with Crippen molar-refractivity contribution in [3.05, 3.63) is 54.1 Å². The Bertz CT molecular complexity index is 859. The highest BCUT2D eigenvalue weighted by molar-refractivity contribution is 14.0. The van der Waals surface area contributed by atoms with Gasteiger partial charge in [0.05, 0.1) is 0 Å². The number of nitrogens with one attached hydrogen (secondary N) is 1. The van der Waals surface area contributed by atoms with Crippen LogP contribution in [0.1, 0.15) is 44.1 Å². The molecule has 2 aromatic rings. The van der Waals surface area contributed by atoms with Crippen LogP contribution in [0.5, 0.6) is 0 Å². The van der Waals surface area contributed by atoms with Crippen LogP contribution in [-0.2, 0) is 13.1 Å². The molecule has 2 atom stereocenters. The number of guanidine groups is 1. The average molecular weight is 558 g/mol. The molecule has 2 saturated heterocycles. The van der Waals surface area contributed by atoms with Gasteiger partial charge in [-0.3, -0.25) is 9.47 Å². The Morgan fingerprint density at radius 2 is 2.03 bits per heavy atom. The number of hydrogen-bond donors (Lipinski definition) is 1. The summed E-state index contributed by atoms with van der Waals surface area (Å²) >= 11 is 0. The zero-order valence-electron chi connectivity index (χ0n) is 18.5. The molecule has 4 rings (SSSR count). The van der Waals surface area contributed by atoms with Crippen molar-refractivity contribution < 1.29 is 8.78 Å². The summed E-state index contributed by atoms with van der Waals surface area (Å²) in [4.78, 5) is 13.6. The SMILES string of the molecule is CCNC(=NCc1nccn1C(F)F)N1CCC2C(CCCN2Cc2ccccc2)C1.I. The minimum Gasteiger partial charge on any atom is -0.357 e. The monoisotopic (exact) mass is 558 g/mol. The molecule has 0 aliphatic carbocycles. The van der Waals surface area contributed by atoms with E-state index in [1.807, 2.05) is 6.92 Å². The highest BCUT2D eigenvalue weighted by atomic mass is 127. The zero-order chi connectivity index (χ0) is 21.6. The smallest absolute Gasteiger partial charge is 0.319 e. The lowest BCUT2D eigenvalue weighted by Gasteiger charge is -2.48. The number of rotatable bonds is 6. The predicted molar refractivity (Wildman–Crippen MR) is 133 cm³/mol. The molecular formula is C23H33F2IN6. The molecule has 9 heteroatoms. The van der Waals surface area contributed by atoms with Gasteiger partial charge in [0.2, 0.25) is 0 Å². The quantitative estimate of drug-likeness (QED) is 0.326. The summed E-state index contributed by atoms with van der Waals surface area (Å²) < 4.78 is 27.1. The van der Waals surface area contributed by atoms with E-state index in [1.165, 1.54) is 30.8 Å². The van der Waals surface area contributed by atoms with Gasteiger partial charge in [-0.15, -0.1) is 24.0 Å². The Labute approximate surface area is 206 Å². The molecule has 2 aliphatic heterocycles. The third-order valence-corrected chi connectivity index (χ3v) is 6.38. The molecule has 32 heavy (non-hydrogen) atoms. The van der Waals surface area contributed by atoms with Crippen molar-refractivity contribution in [1.29, 1.82) is 0 Å². The number of fused-ring (bicyclic) bond motifs is 1. The molecule has 3 heterocycles. The van der Waals surface area contributed by atoms with Crippen LogP contribution in [-0.4, -0.2) is 57.5 Å². The number of halogens is 3. The maximum absolute atomic E-state index is 13.1. The fraction of sp³-hybridized carbons (Fsp3) is 0.565. The van der Waals surface area contributed by atoms with Crippen molar-refractivity contribution in [1.82, 2.24) is 24.7 Å². The molecule has 0 radical (unpaired) electrons. The van der Waals surface area contributed by atoms with Crippen molar-refractivity contribution in [3.63, 3.8) is 0 Å². The highest BCUT2D eigenvalue weighted by Gasteiger charge is 2.36. The summed E-state index contributed by atoms with van der Waals surface area (Å²) in [6.45, 7) is 4.35. The maximum atomic E-state index is 13.1. The maximum Gasteiger partial charge on any atom is 0.319 e. The first-order valence-electron chi connectivity index (χ1n) is 11.3. The summed E-state index contributed by atoms with van der Waals surface area (Å²) in [7, 11) is 0. The lowest BCUT2D eigenvalue weighted by atomic mass is 9.83. The van der Waals surface area contributed by atoms with Gasteiger partial charge in [0.1, 0.15) is 12.4 Å². The van der Waals surface area contributed by atoms with Gasteiger partial charge in [-0.2, -0.15) is 8.78 Å². The van der Waals surface area contributed by atoms with Gasteiger partial charge in [-0.05, 0) is 44.2 Å². The van der Waals surface area contributed by atoms with Crippen molar-refractivity contribution in [2.45, 2.75) is 51.9 Å². The number of imidazole rings is 1. The minimum atomic E-state index is -2.59. The standard InChI is InChI=1S/C23H32F2N6.HI/c1-2-26-23(28-15-21-27-11-14-31(21)22(24)25)30-13-10-20-19(17-30)9-6-12-29(20)16-18-7-4-3-5-8-18;/h3-5,7-8,11,14,19-20,22H,2,6,9-10,12-13,15-17H2,1H3,(H,26,28);1H. The van der Waals surface area contributed by atoms with Crippen molar-refractivity contribution in [3.8, 4) is 0 Å². The van der Waals surface area contributed by atoms with Gasteiger partial charge in [0.25, 0.3) is 0 Å². The van der Waals surface area contributed by atoms with Crippen molar-refractivity contribution >= 4 is 29.9 Å². The molecule has 1 N–H and O–H groups in total. The summed E-state index contributed by atoms with van der Waals surface area (Å²) in [5, 5.41) is 3.35. The second-order valence-corrected chi connectivity index (χ2v) is 8.36. The molecule has 0 saturated carbocycles. The second kappa shape index (κ2) is 11.9. The Kier molecular flexibility index (Phi) is 9.27. The number of benzene rings is 1. The van der Waals surface area contributed by atoms with Gasteiger partial charge in [0.15, 0.2) is 5.96 Å². The number of aliphatic imine (C=N–C) groups is 1. The van der Waals surface area contributed by atoms with Crippen LogP contribution in [0.15, 0.2) is 47.7 Å². The van der Waals surface area contributed by atoms with E-state index in [0.717, 1.165) is 49.7 Å². The van der Waals surface area contributed by atoms with E-state index in [-0.39, 0.29) is 36.3 Å². The fourth-order valence-corrected chi connectivity index (χ4v) is 4.93. The van der Waals surface area contributed by atoms with Crippen molar-refractivity contribution in [2.24, 2.45) is 10.9 Å². The summed E-state index contributed by atoms with van der Waals surface area (Å²) in [5.74, 6) is 1.68. The van der Waals surface area contributed by atoms with E-state index in [2.05, 4.69) is 55.4 Å². The first kappa shape index (κ1) is 24.9. The molecule has 1 aromatic heterocycles. The molecular weight excluding hydrogens is 525 g/mol. The lowest BCUT2D eigenvalue weighted by molar-refractivity contribution is 0.0372. The van der Waals surface area contributed by atoms with Gasteiger partial charge in [-0.1, -0.05) is 30.3 Å². The normalized spacial score (nSPS) is 21.9. The number of alkyl halides is 2. The van der Waals surface area contributed by atoms with E-state index in [1.54, 1.807) is 0 Å². The van der Waals surface area contributed by atoms with Crippen LogP contribution < -0.4 is 5.32 Å². The minimum absolute atomic E-state index is 0. The van der Waals surface area contributed by atoms with E-state index >= 15 is 0 Å². The number of likely N-dealkylation sites (tertiary alicyclic amines) is 2. The van der Waals surface area contributed by atoms with Crippen LogP contribution >= 0.6 is 24.0 Å². The average Bonchev–Trinajstić information content (AvgIpc) is 3.26. The van der Waals surface area contributed by atoms with Crippen LogP contribution in [0.2, 0.25) is 0 Å². The second-order valence-electron chi connectivity index (χ2n) is 8.36. The highest BCUT2D eigenvalue weighted by Crippen LogP contribution is 2.31. The van der Waals surface area contributed by atoms with Crippen molar-refractivity contribution in [2.75, 3.05) is 26.2 Å². The third kappa shape index (κ3) is 5.98. The Balaban J connectivity index is 0.00000289. The Morgan fingerprint density at radius 1 is 1.22 bits per heavy atom. The van der Waals surface area contributed by atoms with Gasteiger partial charge >= 0.3 is 6.55 Å². The molecule has 0 amide bonds. The van der Waals surface area contributed by atoms with Gasteiger partial charge in [0, 0.05) is 44.6 Å². The lowest BCUT2D eigenvalue weighted by Crippen LogP contribution is -2.56. The Hall–Kier alpha value is -1.75. The first-order valence-corrected chi connectivity index (χ1v) is 11.3.